The number of nitrogens with zero attached hydrogens (tertiary/aromatic N) is 3. The number of amides is 4. The van der Waals surface area contributed by atoms with E-state index in [2.05, 4.69) is 20.9 Å². The number of carbonyl (C=O) groups is 4. The number of alkyl carbamates (subject to hydrolysis) is 1. The summed E-state index contributed by atoms with van der Waals surface area (Å²) in [5, 5.41) is 8.17. The van der Waals surface area contributed by atoms with Crippen molar-refractivity contribution >= 4 is 29.6 Å². The minimum atomic E-state index is -1.38. The number of benzene rings is 2. The molecule has 2 aromatic carbocycles. The van der Waals surface area contributed by atoms with Gasteiger partial charge >= 0.3 is 6.09 Å². The Morgan fingerprint density at radius 3 is 2.14 bits per heavy atom. The SMILES string of the molecule is CC(C)(C)OC(=O)NC(C)(C)C(=O)N[C@H](Cc1ccccc1)C(=O)Nc1cn(C(C(=O)N2CCCC2)c2ccccc2)cn1. The van der Waals surface area contributed by atoms with Crippen molar-refractivity contribution in [1.82, 2.24) is 25.1 Å². The third kappa shape index (κ3) is 8.68. The van der Waals surface area contributed by atoms with E-state index in [0.717, 1.165) is 24.0 Å². The summed E-state index contributed by atoms with van der Waals surface area (Å²) in [4.78, 5) is 59.2. The van der Waals surface area contributed by atoms with Crippen molar-refractivity contribution in [2.24, 2.45) is 0 Å². The van der Waals surface area contributed by atoms with E-state index in [1.807, 2.05) is 65.6 Å². The first kappa shape index (κ1) is 32.2. The summed E-state index contributed by atoms with van der Waals surface area (Å²) in [7, 11) is 0. The first-order valence-corrected chi connectivity index (χ1v) is 14.9. The summed E-state index contributed by atoms with van der Waals surface area (Å²) in [5.41, 5.74) is -0.475. The highest BCUT2D eigenvalue weighted by atomic mass is 16.6. The second-order valence-corrected chi connectivity index (χ2v) is 12.5. The van der Waals surface area contributed by atoms with Crippen LogP contribution in [0.2, 0.25) is 0 Å². The molecular weight excluding hydrogens is 560 g/mol. The van der Waals surface area contributed by atoms with Gasteiger partial charge in [0.2, 0.25) is 17.7 Å². The maximum Gasteiger partial charge on any atom is 0.408 e. The lowest BCUT2D eigenvalue weighted by atomic mass is 10.0. The van der Waals surface area contributed by atoms with Crippen LogP contribution in [0.4, 0.5) is 10.6 Å². The van der Waals surface area contributed by atoms with E-state index in [0.29, 0.717) is 13.1 Å². The zero-order chi connectivity index (χ0) is 31.9. The van der Waals surface area contributed by atoms with Crippen LogP contribution in [-0.4, -0.2) is 68.5 Å². The summed E-state index contributed by atoms with van der Waals surface area (Å²) in [6, 6.07) is 17.1. The van der Waals surface area contributed by atoms with Gasteiger partial charge in [0, 0.05) is 25.7 Å². The Labute approximate surface area is 258 Å². The van der Waals surface area contributed by atoms with Crippen LogP contribution < -0.4 is 16.0 Å². The quantitative estimate of drug-likeness (QED) is 0.320. The molecule has 2 heterocycles. The zero-order valence-electron chi connectivity index (χ0n) is 26.0. The van der Waals surface area contributed by atoms with Crippen LogP contribution in [0.1, 0.15) is 64.6 Å². The van der Waals surface area contributed by atoms with Gasteiger partial charge in [-0.1, -0.05) is 60.7 Å². The minimum absolute atomic E-state index is 0.0297. The number of anilines is 1. The van der Waals surface area contributed by atoms with Crippen LogP contribution >= 0.6 is 0 Å². The van der Waals surface area contributed by atoms with Gasteiger partial charge in [-0.3, -0.25) is 14.4 Å². The van der Waals surface area contributed by atoms with Gasteiger partial charge in [-0.25, -0.2) is 9.78 Å². The molecule has 0 spiro atoms. The largest absolute Gasteiger partial charge is 0.444 e. The second-order valence-electron chi connectivity index (χ2n) is 12.5. The van der Waals surface area contributed by atoms with Crippen molar-refractivity contribution in [2.75, 3.05) is 18.4 Å². The van der Waals surface area contributed by atoms with Crippen molar-refractivity contribution in [2.45, 2.75) is 77.1 Å². The molecule has 1 aromatic heterocycles. The molecule has 11 heteroatoms. The Kier molecular flexibility index (Phi) is 10.1. The highest BCUT2D eigenvalue weighted by Crippen LogP contribution is 2.25. The summed E-state index contributed by atoms with van der Waals surface area (Å²) < 4.78 is 7.01. The molecule has 1 unspecified atom stereocenters. The molecule has 4 rings (SSSR count). The van der Waals surface area contributed by atoms with Crippen LogP contribution in [0.15, 0.2) is 73.2 Å². The van der Waals surface area contributed by atoms with Gasteiger partial charge in [0.05, 0.1) is 6.33 Å². The molecule has 0 aliphatic carbocycles. The van der Waals surface area contributed by atoms with Gasteiger partial charge in [-0.2, -0.15) is 0 Å². The normalized spacial score (nSPS) is 14.8. The van der Waals surface area contributed by atoms with Crippen molar-refractivity contribution in [3.63, 3.8) is 0 Å². The van der Waals surface area contributed by atoms with Crippen molar-refractivity contribution in [3.8, 4) is 0 Å². The average molecular weight is 603 g/mol. The van der Waals surface area contributed by atoms with Crippen molar-refractivity contribution in [1.29, 1.82) is 0 Å². The maximum atomic E-state index is 13.6. The Morgan fingerprint density at radius 1 is 0.909 bits per heavy atom. The molecule has 0 saturated carbocycles. The van der Waals surface area contributed by atoms with E-state index in [1.165, 1.54) is 20.2 Å². The summed E-state index contributed by atoms with van der Waals surface area (Å²) in [6.07, 6.45) is 4.54. The number of hydrogen-bond donors (Lipinski definition) is 3. The van der Waals surface area contributed by atoms with E-state index in [9.17, 15) is 19.2 Å². The molecular formula is C33H42N6O5. The molecule has 0 radical (unpaired) electrons. The molecule has 4 amide bonds. The monoisotopic (exact) mass is 602 g/mol. The average Bonchev–Trinajstić information content (AvgIpc) is 3.65. The number of aromatic nitrogens is 2. The van der Waals surface area contributed by atoms with Gasteiger partial charge < -0.3 is 30.2 Å². The van der Waals surface area contributed by atoms with Gasteiger partial charge in [-0.05, 0) is 58.6 Å². The Bertz CT molecular complexity index is 1440. The van der Waals surface area contributed by atoms with Crippen molar-refractivity contribution in [3.05, 3.63) is 84.3 Å². The van der Waals surface area contributed by atoms with Gasteiger partial charge in [0.15, 0.2) is 5.82 Å². The maximum absolute atomic E-state index is 13.6. The molecule has 234 valence electrons. The van der Waals surface area contributed by atoms with Crippen LogP contribution in [-0.2, 0) is 25.5 Å². The second kappa shape index (κ2) is 13.7. The number of nitrogens with one attached hydrogen (secondary N) is 3. The van der Waals surface area contributed by atoms with E-state index in [1.54, 1.807) is 31.5 Å². The van der Waals surface area contributed by atoms with E-state index in [4.69, 9.17) is 4.74 Å². The smallest absolute Gasteiger partial charge is 0.408 e. The summed E-state index contributed by atoms with van der Waals surface area (Å²) in [5.74, 6) is -0.852. The Balaban J connectivity index is 1.52. The van der Waals surface area contributed by atoms with Crippen LogP contribution in [0, 0.1) is 0 Å². The molecule has 2 atom stereocenters. The number of imidazole rings is 1. The minimum Gasteiger partial charge on any atom is -0.444 e. The fraction of sp³-hybridized carbons (Fsp3) is 0.424. The highest BCUT2D eigenvalue weighted by molar-refractivity contribution is 5.98. The van der Waals surface area contributed by atoms with Gasteiger partial charge in [-0.15, -0.1) is 0 Å². The first-order chi connectivity index (χ1) is 20.8. The number of ether oxygens (including phenoxy) is 1. The van der Waals surface area contributed by atoms with E-state index >= 15 is 0 Å². The Hall–Kier alpha value is -4.67. The molecule has 1 aliphatic rings. The van der Waals surface area contributed by atoms with Crippen LogP contribution in [0.5, 0.6) is 0 Å². The predicted octanol–water partition coefficient (Wildman–Crippen LogP) is 4.06. The number of hydrogen-bond acceptors (Lipinski definition) is 6. The summed E-state index contributed by atoms with van der Waals surface area (Å²) >= 11 is 0. The third-order valence-electron chi connectivity index (χ3n) is 7.20. The number of carbonyl (C=O) groups excluding carboxylic acids is 4. The third-order valence-corrected chi connectivity index (χ3v) is 7.20. The lowest BCUT2D eigenvalue weighted by Crippen LogP contribution is -2.59. The molecule has 44 heavy (non-hydrogen) atoms. The fourth-order valence-corrected chi connectivity index (χ4v) is 4.96. The zero-order valence-corrected chi connectivity index (χ0v) is 26.0. The highest BCUT2D eigenvalue weighted by Gasteiger charge is 2.35. The standard InChI is InChI=1S/C33H42N6O5/c1-32(2,3)44-31(43)37-33(4,5)30(42)35-25(20-23-14-8-6-9-15-23)28(40)36-26-21-39(22-34-26)27(24-16-10-7-11-17-24)29(41)38-18-12-13-19-38/h6-11,14-17,21-22,25,27H,12-13,18-20H2,1-5H3,(H,35,42)(H,36,40)(H,37,43)/t25-,27?/m1/s1. The molecule has 1 fully saturated rings. The van der Waals surface area contributed by atoms with Gasteiger partial charge in [0.25, 0.3) is 0 Å². The van der Waals surface area contributed by atoms with Crippen LogP contribution in [0.3, 0.4) is 0 Å². The molecule has 3 N–H and O–H groups in total. The fourth-order valence-electron chi connectivity index (χ4n) is 4.96. The summed E-state index contributed by atoms with van der Waals surface area (Å²) in [6.45, 7) is 9.67. The molecule has 11 nitrogen and oxygen atoms in total. The number of rotatable bonds is 10. The lowest BCUT2D eigenvalue weighted by Gasteiger charge is -2.29. The molecule has 3 aromatic rings. The lowest BCUT2D eigenvalue weighted by molar-refractivity contribution is -0.132. The molecule has 1 saturated heterocycles. The van der Waals surface area contributed by atoms with Crippen LogP contribution in [0.25, 0.3) is 0 Å². The molecule has 0 bridgehead atoms. The van der Waals surface area contributed by atoms with Gasteiger partial charge in [0.1, 0.15) is 23.2 Å². The first-order valence-electron chi connectivity index (χ1n) is 14.9. The predicted molar refractivity (Wildman–Crippen MR) is 167 cm³/mol. The van der Waals surface area contributed by atoms with E-state index in [-0.39, 0.29) is 18.1 Å². The topological polar surface area (TPSA) is 135 Å². The van der Waals surface area contributed by atoms with Crippen molar-refractivity contribution < 1.29 is 23.9 Å². The Morgan fingerprint density at radius 2 is 1.52 bits per heavy atom. The molecule has 1 aliphatic heterocycles. The van der Waals surface area contributed by atoms with E-state index < -0.39 is 41.1 Å². The number of likely N-dealkylation sites (tertiary alicyclic amines) is 1.